The predicted molar refractivity (Wildman–Crippen MR) is 141 cm³/mol. The summed E-state index contributed by atoms with van der Waals surface area (Å²) in [6.07, 6.45) is 6.01. The Kier molecular flexibility index (Phi) is 6.91. The van der Waals surface area contributed by atoms with Crippen LogP contribution in [-0.4, -0.2) is 33.4 Å². The molecule has 0 bridgehead atoms. The molecule has 3 aromatic rings. The average Bonchev–Trinajstić information content (AvgIpc) is 3.05. The lowest BCUT2D eigenvalue weighted by Crippen LogP contribution is -2.35. The Morgan fingerprint density at radius 1 is 1.00 bits per heavy atom. The van der Waals surface area contributed by atoms with Crippen molar-refractivity contribution in [3.8, 4) is 22.6 Å². The number of rotatable bonds is 4. The first-order valence-electron chi connectivity index (χ1n) is 12.2. The molecule has 0 fully saturated rings. The van der Waals surface area contributed by atoms with Crippen molar-refractivity contribution in [1.82, 2.24) is 14.5 Å². The second-order valence-electron chi connectivity index (χ2n) is 9.40. The monoisotopic (exact) mass is 487 g/mol. The number of carbonyl (C=O) groups excluding carboxylic acids is 1. The van der Waals surface area contributed by atoms with E-state index < -0.39 is 0 Å². The number of carbonyl (C=O) groups is 1. The summed E-state index contributed by atoms with van der Waals surface area (Å²) in [5.41, 5.74) is 6.07. The lowest BCUT2D eigenvalue weighted by Gasteiger charge is -2.21. The molecule has 4 nitrogen and oxygen atoms in total. The van der Waals surface area contributed by atoms with Gasteiger partial charge < -0.3 is 9.47 Å². The molecule has 2 aliphatic rings. The summed E-state index contributed by atoms with van der Waals surface area (Å²) < 4.78 is 15.8. The molecule has 0 saturated heterocycles. The van der Waals surface area contributed by atoms with Gasteiger partial charge in [0.05, 0.1) is 5.69 Å². The van der Waals surface area contributed by atoms with Gasteiger partial charge in [-0.3, -0.25) is 4.79 Å². The number of thioether (sulfide) groups is 1. The minimum atomic E-state index is -0.233. The van der Waals surface area contributed by atoms with Gasteiger partial charge in [0.1, 0.15) is 18.2 Å². The molecule has 180 valence electrons. The number of allylic oxidation sites excluding steroid dienone is 1. The zero-order valence-corrected chi connectivity index (χ0v) is 21.1. The molecule has 1 amide bonds. The number of benzene rings is 2. The molecular formula is C29H30FN3OS. The summed E-state index contributed by atoms with van der Waals surface area (Å²) in [6.45, 7) is 5.69. The number of nitrogens with zero attached hydrogens (tertiary/aromatic N) is 3. The van der Waals surface area contributed by atoms with Gasteiger partial charge in [0.25, 0.3) is 0 Å². The number of hydrogen-bond acceptors (Lipinski definition) is 3. The van der Waals surface area contributed by atoms with Gasteiger partial charge in [0, 0.05) is 30.4 Å². The molecule has 0 saturated carbocycles. The summed E-state index contributed by atoms with van der Waals surface area (Å²) in [5.74, 6) is 0.621. The lowest BCUT2D eigenvalue weighted by atomic mass is 10.0. The molecule has 0 unspecified atom stereocenters. The molecule has 2 aromatic carbocycles. The van der Waals surface area contributed by atoms with Crippen LogP contribution in [0, 0.1) is 12.7 Å². The van der Waals surface area contributed by atoms with Crippen LogP contribution in [0.1, 0.15) is 38.2 Å². The highest BCUT2D eigenvalue weighted by Gasteiger charge is 2.23. The minimum absolute atomic E-state index is 0.107. The molecule has 0 aliphatic carbocycles. The second kappa shape index (κ2) is 10.2. The molecule has 0 radical (unpaired) electrons. The zero-order valence-electron chi connectivity index (χ0n) is 20.3. The van der Waals surface area contributed by atoms with E-state index in [0.29, 0.717) is 5.56 Å². The van der Waals surface area contributed by atoms with Crippen molar-refractivity contribution >= 4 is 17.7 Å². The summed E-state index contributed by atoms with van der Waals surface area (Å²) in [6, 6.07) is 14.9. The Hall–Kier alpha value is -3.12. The third kappa shape index (κ3) is 5.27. The van der Waals surface area contributed by atoms with Crippen molar-refractivity contribution < 1.29 is 9.18 Å². The maximum absolute atomic E-state index is 13.8. The van der Waals surface area contributed by atoms with E-state index in [2.05, 4.69) is 12.3 Å². The fourth-order valence-electron chi connectivity index (χ4n) is 4.71. The fraction of sp³-hybridized carbons (Fsp3) is 0.310. The molecular weight excluding hydrogens is 457 g/mol. The topological polar surface area (TPSA) is 38.1 Å². The van der Waals surface area contributed by atoms with Gasteiger partial charge in [-0.1, -0.05) is 41.5 Å². The van der Waals surface area contributed by atoms with Crippen LogP contribution in [0.25, 0.3) is 22.6 Å². The lowest BCUT2D eigenvalue weighted by molar-refractivity contribution is -0.131. The smallest absolute Gasteiger partial charge is 0.242 e. The predicted octanol–water partition coefficient (Wildman–Crippen LogP) is 6.97. The van der Waals surface area contributed by atoms with E-state index in [4.69, 9.17) is 4.98 Å². The summed E-state index contributed by atoms with van der Waals surface area (Å²) in [5, 5.41) is 2.27. The molecule has 35 heavy (non-hydrogen) atoms. The van der Waals surface area contributed by atoms with Gasteiger partial charge in [-0.15, -0.1) is 11.8 Å². The van der Waals surface area contributed by atoms with Gasteiger partial charge in [-0.05, 0) is 73.6 Å². The molecule has 2 aliphatic heterocycles. The summed E-state index contributed by atoms with van der Waals surface area (Å²) >= 11 is 1.85. The number of amides is 1. The first-order valence-corrected chi connectivity index (χ1v) is 13.1. The van der Waals surface area contributed by atoms with Crippen LogP contribution in [0.2, 0.25) is 0 Å². The minimum Gasteiger partial charge on any atom is -0.340 e. The van der Waals surface area contributed by atoms with E-state index in [1.807, 2.05) is 57.8 Å². The third-order valence-corrected chi connectivity index (χ3v) is 8.13. The summed E-state index contributed by atoms with van der Waals surface area (Å²) in [4.78, 5) is 21.8. The Balaban J connectivity index is 1.38. The van der Waals surface area contributed by atoms with E-state index in [9.17, 15) is 9.18 Å². The van der Waals surface area contributed by atoms with E-state index >= 15 is 0 Å². The Labute approximate surface area is 210 Å². The van der Waals surface area contributed by atoms with Crippen LogP contribution in [0.4, 0.5) is 4.39 Å². The Morgan fingerprint density at radius 3 is 2.60 bits per heavy atom. The average molecular weight is 488 g/mol. The highest BCUT2D eigenvalue weighted by Crippen LogP contribution is 2.36. The quantitative estimate of drug-likeness (QED) is 0.399. The van der Waals surface area contributed by atoms with Gasteiger partial charge in [-0.2, -0.15) is 0 Å². The van der Waals surface area contributed by atoms with Crippen molar-refractivity contribution in [1.29, 1.82) is 0 Å². The van der Waals surface area contributed by atoms with Crippen LogP contribution >= 0.6 is 11.8 Å². The maximum Gasteiger partial charge on any atom is 0.242 e. The first-order chi connectivity index (χ1) is 17.0. The second-order valence-corrected chi connectivity index (χ2v) is 10.4. The highest BCUT2D eigenvalue weighted by atomic mass is 32.2. The zero-order chi connectivity index (χ0) is 24.4. The van der Waals surface area contributed by atoms with Crippen molar-refractivity contribution in [3.63, 3.8) is 0 Å². The molecule has 0 spiro atoms. The van der Waals surface area contributed by atoms with E-state index in [0.717, 1.165) is 61.4 Å². The van der Waals surface area contributed by atoms with Crippen LogP contribution in [0.3, 0.4) is 0 Å². The number of imidazole rings is 1. The van der Waals surface area contributed by atoms with Gasteiger partial charge in [-0.25, -0.2) is 9.37 Å². The molecule has 1 aromatic heterocycles. The van der Waals surface area contributed by atoms with Crippen LogP contribution in [-0.2, 0) is 11.3 Å². The molecule has 0 atom stereocenters. The number of aromatic nitrogens is 2. The van der Waals surface area contributed by atoms with Crippen molar-refractivity contribution in [2.75, 3.05) is 13.1 Å². The molecule has 0 N–H and O–H groups in total. The largest absolute Gasteiger partial charge is 0.340 e. The first kappa shape index (κ1) is 23.6. The van der Waals surface area contributed by atoms with Gasteiger partial charge in [0.2, 0.25) is 5.91 Å². The maximum atomic E-state index is 13.8. The SMILES string of the molecule is CC1=CSC2=C(CC1)CCN(C(=O)Cn1cc(-c3ccc(F)c(C)c3)nc1-c1ccccc1)CC2. The van der Waals surface area contributed by atoms with Crippen molar-refractivity contribution in [2.24, 2.45) is 0 Å². The fourth-order valence-corrected chi connectivity index (χ4v) is 5.75. The van der Waals surface area contributed by atoms with Gasteiger partial charge >= 0.3 is 0 Å². The summed E-state index contributed by atoms with van der Waals surface area (Å²) in [7, 11) is 0. The molecule has 6 heteroatoms. The standard InChI is InChI=1S/C29H30FN3OS/c1-20-8-9-22-12-14-32(15-13-27(22)35-19-20)28(34)18-33-17-26(24-10-11-25(30)21(2)16-24)31-29(33)23-6-4-3-5-7-23/h3-7,10-11,16-17,19H,8-9,12-15,18H2,1-2H3. The molecule has 5 rings (SSSR count). The van der Waals surface area contributed by atoms with E-state index in [-0.39, 0.29) is 18.3 Å². The van der Waals surface area contributed by atoms with E-state index in [1.54, 1.807) is 19.1 Å². The number of aryl methyl sites for hydroxylation is 1. The third-order valence-electron chi connectivity index (χ3n) is 6.83. The Morgan fingerprint density at radius 2 is 1.80 bits per heavy atom. The van der Waals surface area contributed by atoms with Crippen molar-refractivity contribution in [3.05, 3.63) is 87.6 Å². The molecule has 3 heterocycles. The normalized spacial score (nSPS) is 16.4. The number of halogens is 1. The van der Waals surface area contributed by atoms with Gasteiger partial charge in [0.15, 0.2) is 0 Å². The van der Waals surface area contributed by atoms with E-state index in [1.165, 1.54) is 22.1 Å². The highest BCUT2D eigenvalue weighted by molar-refractivity contribution is 8.05. The van der Waals surface area contributed by atoms with Crippen LogP contribution in [0.5, 0.6) is 0 Å². The van der Waals surface area contributed by atoms with Crippen LogP contribution < -0.4 is 0 Å². The van der Waals surface area contributed by atoms with Crippen molar-refractivity contribution in [2.45, 2.75) is 46.1 Å². The Bertz CT molecular complexity index is 1310. The van der Waals surface area contributed by atoms with Crippen LogP contribution in [0.15, 0.2) is 76.2 Å². The number of hydrogen-bond donors (Lipinski definition) is 0.